The van der Waals surface area contributed by atoms with Crippen molar-refractivity contribution < 1.29 is 14.7 Å². The van der Waals surface area contributed by atoms with E-state index in [4.69, 9.17) is 10.8 Å². The van der Waals surface area contributed by atoms with Crippen LogP contribution in [-0.4, -0.2) is 37.1 Å². The van der Waals surface area contributed by atoms with Gasteiger partial charge in [0.15, 0.2) is 0 Å². The maximum atomic E-state index is 12.9. The Kier molecular flexibility index (Phi) is 4.30. The van der Waals surface area contributed by atoms with E-state index in [9.17, 15) is 9.59 Å². The molecule has 1 aliphatic rings. The maximum absolute atomic E-state index is 12.9. The molecule has 9 nitrogen and oxygen atoms in total. The summed E-state index contributed by atoms with van der Waals surface area (Å²) in [5, 5.41) is 19.0. The van der Waals surface area contributed by atoms with Gasteiger partial charge in [-0.1, -0.05) is 26.0 Å². The Morgan fingerprint density at radius 1 is 1.24 bits per heavy atom. The molecule has 1 aliphatic carbocycles. The molecule has 148 valence electrons. The molecule has 5 N–H and O–H groups in total. The van der Waals surface area contributed by atoms with E-state index in [0.29, 0.717) is 23.5 Å². The summed E-state index contributed by atoms with van der Waals surface area (Å²) in [6, 6.07) is 6.36. The van der Waals surface area contributed by atoms with Crippen molar-refractivity contribution in [2.45, 2.75) is 32.2 Å². The van der Waals surface area contributed by atoms with Crippen LogP contribution in [0.1, 0.15) is 51.4 Å². The van der Waals surface area contributed by atoms with Crippen LogP contribution in [0.5, 0.6) is 0 Å². The zero-order valence-corrected chi connectivity index (χ0v) is 16.0. The molecule has 0 bridgehead atoms. The minimum Gasteiger partial charge on any atom is -0.478 e. The number of hydrogen-bond donors (Lipinski definition) is 4. The van der Waals surface area contributed by atoms with Crippen molar-refractivity contribution in [3.05, 3.63) is 58.4 Å². The van der Waals surface area contributed by atoms with E-state index < -0.39 is 5.97 Å². The third-order valence-corrected chi connectivity index (χ3v) is 5.06. The normalized spacial score (nSPS) is 14.0. The van der Waals surface area contributed by atoms with Gasteiger partial charge in [-0.05, 0) is 35.1 Å². The molecular weight excluding hydrogens is 372 g/mol. The van der Waals surface area contributed by atoms with Crippen molar-refractivity contribution >= 4 is 17.8 Å². The number of aromatic carboxylic acids is 1. The van der Waals surface area contributed by atoms with Crippen LogP contribution in [0.25, 0.3) is 11.4 Å². The number of rotatable bonds is 4. The number of anilines is 1. The molecule has 0 aliphatic heterocycles. The minimum atomic E-state index is -0.989. The fraction of sp³-hybridized carbons (Fsp3) is 0.250. The van der Waals surface area contributed by atoms with Crippen molar-refractivity contribution in [1.82, 2.24) is 25.5 Å². The highest BCUT2D eigenvalue weighted by molar-refractivity contribution is 5.96. The number of nitrogens with two attached hydrogens (primary N) is 1. The minimum absolute atomic E-state index is 0.160. The number of carboxylic acids is 1. The lowest BCUT2D eigenvalue weighted by molar-refractivity contribution is 0.0696. The number of carbonyl (C=O) groups is 2. The summed E-state index contributed by atoms with van der Waals surface area (Å²) < 4.78 is 0. The van der Waals surface area contributed by atoms with Crippen molar-refractivity contribution in [3.8, 4) is 11.4 Å². The molecule has 2 aromatic heterocycles. The molecule has 0 radical (unpaired) electrons. The van der Waals surface area contributed by atoms with Crippen LogP contribution in [0.15, 0.2) is 30.5 Å². The Bertz CT molecular complexity index is 1120. The largest absolute Gasteiger partial charge is 0.478 e. The first-order chi connectivity index (χ1) is 13.8. The number of benzene rings is 1. The van der Waals surface area contributed by atoms with Gasteiger partial charge in [-0.15, -0.1) is 0 Å². The van der Waals surface area contributed by atoms with Gasteiger partial charge in [0.25, 0.3) is 5.91 Å². The van der Waals surface area contributed by atoms with Gasteiger partial charge in [0.1, 0.15) is 11.4 Å². The summed E-state index contributed by atoms with van der Waals surface area (Å²) in [6.45, 7) is 4.35. The van der Waals surface area contributed by atoms with E-state index in [1.165, 1.54) is 12.1 Å². The van der Waals surface area contributed by atoms with Gasteiger partial charge in [-0.3, -0.25) is 9.89 Å². The number of carboxylic acid groups (broad SMARTS) is 1. The fourth-order valence-corrected chi connectivity index (χ4v) is 3.69. The standard InChI is InChI=1S/C20H20N6O3/c1-20(2)7-12-9-23-19(21)24-14(12)15-13(20)16(26-25-15)17(27)22-8-10-3-5-11(6-4-10)18(28)29/h3-6,9H,7-8H2,1-2H3,(H,22,27)(H,25,26)(H,28,29)(H2,21,23,24). The number of aromatic nitrogens is 4. The Morgan fingerprint density at radius 3 is 2.66 bits per heavy atom. The highest BCUT2D eigenvalue weighted by atomic mass is 16.4. The summed E-state index contributed by atoms with van der Waals surface area (Å²) in [5.41, 5.74) is 9.76. The van der Waals surface area contributed by atoms with Gasteiger partial charge in [-0.2, -0.15) is 5.10 Å². The molecule has 1 amide bonds. The van der Waals surface area contributed by atoms with Gasteiger partial charge in [0.05, 0.1) is 11.3 Å². The topological polar surface area (TPSA) is 147 Å². The second-order valence-corrected chi connectivity index (χ2v) is 7.67. The number of aromatic amines is 1. The van der Waals surface area contributed by atoms with Crippen molar-refractivity contribution in [2.75, 3.05) is 5.73 Å². The van der Waals surface area contributed by atoms with Crippen molar-refractivity contribution in [2.24, 2.45) is 0 Å². The van der Waals surface area contributed by atoms with Crippen LogP contribution < -0.4 is 11.1 Å². The monoisotopic (exact) mass is 392 g/mol. The predicted octanol–water partition coefficient (Wildman–Crippen LogP) is 1.91. The van der Waals surface area contributed by atoms with Crippen LogP contribution >= 0.6 is 0 Å². The Labute approximate surface area is 166 Å². The van der Waals surface area contributed by atoms with E-state index >= 15 is 0 Å². The number of fused-ring (bicyclic) bond motifs is 3. The van der Waals surface area contributed by atoms with Crippen LogP contribution in [0.4, 0.5) is 5.95 Å². The van der Waals surface area contributed by atoms with Crippen LogP contribution in [-0.2, 0) is 18.4 Å². The Hall–Kier alpha value is -3.75. The lowest BCUT2D eigenvalue weighted by Crippen LogP contribution is -2.31. The Morgan fingerprint density at radius 2 is 1.97 bits per heavy atom. The SMILES string of the molecule is CC1(C)Cc2cnc(N)nc2-c2n[nH]c(C(=O)NCc3ccc(C(=O)O)cc3)c21. The average Bonchev–Trinajstić information content (AvgIpc) is 3.14. The van der Waals surface area contributed by atoms with Crippen LogP contribution in [0.3, 0.4) is 0 Å². The Balaban J connectivity index is 1.60. The third kappa shape index (κ3) is 3.31. The van der Waals surface area contributed by atoms with E-state index in [1.54, 1.807) is 18.3 Å². The summed E-state index contributed by atoms with van der Waals surface area (Å²) in [6.07, 6.45) is 2.36. The van der Waals surface area contributed by atoms with E-state index in [2.05, 4.69) is 25.5 Å². The fourth-order valence-electron chi connectivity index (χ4n) is 3.69. The average molecular weight is 392 g/mol. The molecule has 0 unspecified atom stereocenters. The molecular formula is C20H20N6O3. The molecule has 29 heavy (non-hydrogen) atoms. The highest BCUT2D eigenvalue weighted by Crippen LogP contribution is 2.42. The van der Waals surface area contributed by atoms with Gasteiger partial charge in [-0.25, -0.2) is 14.8 Å². The molecule has 0 fully saturated rings. The van der Waals surface area contributed by atoms with Crippen molar-refractivity contribution in [1.29, 1.82) is 0 Å². The summed E-state index contributed by atoms with van der Waals surface area (Å²) >= 11 is 0. The number of amides is 1. The highest BCUT2D eigenvalue weighted by Gasteiger charge is 2.38. The lowest BCUT2D eigenvalue weighted by atomic mass is 9.73. The molecule has 0 saturated carbocycles. The van der Waals surface area contributed by atoms with E-state index in [0.717, 1.165) is 16.7 Å². The summed E-state index contributed by atoms with van der Waals surface area (Å²) in [4.78, 5) is 32.2. The second kappa shape index (κ2) is 6.69. The number of nitrogens with zero attached hydrogens (tertiary/aromatic N) is 3. The molecule has 0 spiro atoms. The maximum Gasteiger partial charge on any atom is 0.335 e. The van der Waals surface area contributed by atoms with Crippen LogP contribution in [0.2, 0.25) is 0 Å². The first kappa shape index (κ1) is 18.6. The number of nitrogen functional groups attached to an aromatic ring is 1. The van der Waals surface area contributed by atoms with Gasteiger partial charge in [0.2, 0.25) is 5.95 Å². The second-order valence-electron chi connectivity index (χ2n) is 7.67. The first-order valence-electron chi connectivity index (χ1n) is 9.07. The molecule has 9 heteroatoms. The smallest absolute Gasteiger partial charge is 0.335 e. The third-order valence-electron chi connectivity index (χ3n) is 5.06. The van der Waals surface area contributed by atoms with E-state index in [1.807, 2.05) is 13.8 Å². The quantitative estimate of drug-likeness (QED) is 0.530. The molecule has 0 atom stereocenters. The zero-order chi connectivity index (χ0) is 20.8. The molecule has 4 rings (SSSR count). The van der Waals surface area contributed by atoms with Gasteiger partial charge in [0, 0.05) is 18.3 Å². The van der Waals surface area contributed by atoms with Gasteiger partial charge >= 0.3 is 5.97 Å². The number of H-pyrrole nitrogens is 1. The lowest BCUT2D eigenvalue weighted by Gasteiger charge is -2.30. The first-order valence-corrected chi connectivity index (χ1v) is 9.07. The molecule has 3 aromatic rings. The van der Waals surface area contributed by atoms with Gasteiger partial charge < -0.3 is 16.2 Å². The summed E-state index contributed by atoms with van der Waals surface area (Å²) in [7, 11) is 0. The summed E-state index contributed by atoms with van der Waals surface area (Å²) in [5.74, 6) is -1.12. The number of hydrogen-bond acceptors (Lipinski definition) is 6. The molecule has 0 saturated heterocycles. The number of nitrogens with one attached hydrogen (secondary N) is 2. The molecule has 2 heterocycles. The van der Waals surface area contributed by atoms with E-state index in [-0.39, 0.29) is 29.4 Å². The predicted molar refractivity (Wildman–Crippen MR) is 105 cm³/mol. The number of carbonyl (C=O) groups excluding carboxylic acids is 1. The van der Waals surface area contributed by atoms with Crippen molar-refractivity contribution in [3.63, 3.8) is 0 Å². The molecule has 1 aromatic carbocycles. The van der Waals surface area contributed by atoms with Crippen LogP contribution in [0, 0.1) is 0 Å². The zero-order valence-electron chi connectivity index (χ0n) is 16.0.